The molecule has 0 saturated heterocycles. The van der Waals surface area contributed by atoms with E-state index in [1.807, 2.05) is 18.2 Å². The van der Waals surface area contributed by atoms with Crippen molar-refractivity contribution in [2.24, 2.45) is 0 Å². The lowest BCUT2D eigenvalue weighted by molar-refractivity contribution is 0.389. The van der Waals surface area contributed by atoms with Gasteiger partial charge in [0.2, 0.25) is 0 Å². The maximum Gasteiger partial charge on any atom is 0.137 e. The second kappa shape index (κ2) is 6.78. The third kappa shape index (κ3) is 2.79. The normalized spacial score (nSPS) is 11.9. The van der Waals surface area contributed by atoms with Crippen LogP contribution in [0.15, 0.2) is 42.5 Å². The summed E-state index contributed by atoms with van der Waals surface area (Å²) in [6, 6.07) is 14.4. The van der Waals surface area contributed by atoms with Crippen LogP contribution in [-0.4, -0.2) is 42.2 Å². The molecule has 0 aliphatic rings. The van der Waals surface area contributed by atoms with Crippen LogP contribution < -0.4 is 4.74 Å². The molecular weight excluding hydrogens is 346 g/mol. The van der Waals surface area contributed by atoms with Crippen LogP contribution >= 0.6 is 11.6 Å². The van der Waals surface area contributed by atoms with Crippen molar-refractivity contribution in [1.82, 2.24) is 14.5 Å². The molecule has 2 aromatic carbocycles. The van der Waals surface area contributed by atoms with Crippen LogP contribution in [0, 0.1) is 0 Å². The SMILES string of the molecule is COc1ccc2c(c1)c1nc(Cl)c3ccccc3c1n2CCCN(C)C. The van der Waals surface area contributed by atoms with Crippen molar-refractivity contribution in [3.63, 3.8) is 0 Å². The molecule has 0 spiro atoms. The second-order valence-electron chi connectivity index (χ2n) is 6.84. The summed E-state index contributed by atoms with van der Waals surface area (Å²) in [7, 11) is 5.90. The highest BCUT2D eigenvalue weighted by molar-refractivity contribution is 6.36. The molecule has 0 N–H and O–H groups in total. The van der Waals surface area contributed by atoms with Crippen molar-refractivity contribution < 1.29 is 4.74 Å². The van der Waals surface area contributed by atoms with E-state index in [1.54, 1.807) is 7.11 Å². The zero-order valence-corrected chi connectivity index (χ0v) is 16.0. The van der Waals surface area contributed by atoms with Gasteiger partial charge in [0, 0.05) is 22.7 Å². The van der Waals surface area contributed by atoms with E-state index in [0.29, 0.717) is 5.15 Å². The van der Waals surface area contributed by atoms with E-state index in [2.05, 4.69) is 47.8 Å². The molecule has 0 amide bonds. The van der Waals surface area contributed by atoms with Crippen molar-refractivity contribution in [1.29, 1.82) is 0 Å². The molecule has 0 atom stereocenters. The van der Waals surface area contributed by atoms with Gasteiger partial charge in [-0.3, -0.25) is 0 Å². The number of rotatable bonds is 5. The van der Waals surface area contributed by atoms with E-state index < -0.39 is 0 Å². The fraction of sp³-hybridized carbons (Fsp3) is 0.286. The number of hydrogen-bond acceptors (Lipinski definition) is 3. The lowest BCUT2D eigenvalue weighted by Gasteiger charge is -2.12. The lowest BCUT2D eigenvalue weighted by Crippen LogP contribution is -2.15. The quantitative estimate of drug-likeness (QED) is 0.467. The van der Waals surface area contributed by atoms with E-state index in [0.717, 1.165) is 52.5 Å². The van der Waals surface area contributed by atoms with Crippen molar-refractivity contribution in [3.05, 3.63) is 47.6 Å². The molecule has 0 bridgehead atoms. The Morgan fingerprint density at radius 1 is 1.08 bits per heavy atom. The highest BCUT2D eigenvalue weighted by Gasteiger charge is 2.17. The molecule has 2 aromatic heterocycles. The molecule has 0 radical (unpaired) electrons. The molecule has 4 nitrogen and oxygen atoms in total. The Morgan fingerprint density at radius 3 is 2.58 bits per heavy atom. The first-order valence-electron chi connectivity index (χ1n) is 8.79. The van der Waals surface area contributed by atoms with Crippen LogP contribution in [0.3, 0.4) is 0 Å². The Hall–Kier alpha value is -2.30. The summed E-state index contributed by atoms with van der Waals surface area (Å²) in [5.74, 6) is 0.830. The number of aromatic nitrogens is 2. The second-order valence-corrected chi connectivity index (χ2v) is 7.19. The Labute approximate surface area is 157 Å². The fourth-order valence-corrected chi connectivity index (χ4v) is 3.88. The topological polar surface area (TPSA) is 30.3 Å². The zero-order valence-electron chi connectivity index (χ0n) is 15.3. The number of aryl methyl sites for hydroxylation is 1. The fourth-order valence-electron chi connectivity index (χ4n) is 3.63. The number of hydrogen-bond donors (Lipinski definition) is 0. The minimum absolute atomic E-state index is 0.545. The molecule has 0 saturated carbocycles. The Bertz CT molecular complexity index is 1100. The number of fused-ring (bicyclic) bond motifs is 5. The van der Waals surface area contributed by atoms with E-state index in [-0.39, 0.29) is 0 Å². The van der Waals surface area contributed by atoms with Crippen LogP contribution in [0.4, 0.5) is 0 Å². The number of methoxy groups -OCH3 is 1. The van der Waals surface area contributed by atoms with Crippen LogP contribution in [0.5, 0.6) is 5.75 Å². The van der Waals surface area contributed by atoms with Gasteiger partial charge >= 0.3 is 0 Å². The average Bonchev–Trinajstić information content (AvgIpc) is 2.95. The van der Waals surface area contributed by atoms with Crippen molar-refractivity contribution >= 4 is 44.3 Å². The van der Waals surface area contributed by atoms with E-state index in [4.69, 9.17) is 21.3 Å². The molecule has 134 valence electrons. The third-order valence-corrected chi connectivity index (χ3v) is 5.13. The van der Waals surface area contributed by atoms with Crippen molar-refractivity contribution in [2.45, 2.75) is 13.0 Å². The van der Waals surface area contributed by atoms with Crippen LogP contribution in [0.2, 0.25) is 5.15 Å². The van der Waals surface area contributed by atoms with E-state index in [9.17, 15) is 0 Å². The van der Waals surface area contributed by atoms with Gasteiger partial charge in [-0.15, -0.1) is 0 Å². The third-order valence-electron chi connectivity index (χ3n) is 4.85. The van der Waals surface area contributed by atoms with Gasteiger partial charge in [0.25, 0.3) is 0 Å². The molecule has 5 heteroatoms. The lowest BCUT2D eigenvalue weighted by atomic mass is 10.1. The Balaban J connectivity index is 2.05. The monoisotopic (exact) mass is 367 g/mol. The van der Waals surface area contributed by atoms with Crippen LogP contribution in [0.25, 0.3) is 32.7 Å². The molecular formula is C21H22ClN3O. The first-order chi connectivity index (χ1) is 12.6. The highest BCUT2D eigenvalue weighted by Crippen LogP contribution is 2.37. The van der Waals surface area contributed by atoms with Gasteiger partial charge in [0.1, 0.15) is 10.9 Å². The molecule has 2 heterocycles. The van der Waals surface area contributed by atoms with Gasteiger partial charge in [-0.1, -0.05) is 35.9 Å². The Morgan fingerprint density at radius 2 is 1.85 bits per heavy atom. The number of benzene rings is 2. The summed E-state index contributed by atoms with van der Waals surface area (Å²) in [4.78, 5) is 6.96. The molecule has 26 heavy (non-hydrogen) atoms. The average molecular weight is 368 g/mol. The Kier molecular flexibility index (Phi) is 4.47. The van der Waals surface area contributed by atoms with Crippen LogP contribution in [0.1, 0.15) is 6.42 Å². The zero-order chi connectivity index (χ0) is 18.3. The summed E-state index contributed by atoms with van der Waals surface area (Å²) in [6.45, 7) is 1.97. The smallest absolute Gasteiger partial charge is 0.137 e. The number of ether oxygens (including phenoxy) is 1. The maximum absolute atomic E-state index is 6.51. The van der Waals surface area contributed by atoms with Gasteiger partial charge in [0.05, 0.1) is 23.7 Å². The largest absolute Gasteiger partial charge is 0.497 e. The van der Waals surface area contributed by atoms with Gasteiger partial charge in [0.15, 0.2) is 0 Å². The molecule has 0 aliphatic carbocycles. The predicted molar refractivity (Wildman–Crippen MR) is 109 cm³/mol. The number of halogens is 1. The molecule has 4 aromatic rings. The first kappa shape index (κ1) is 17.1. The summed E-state index contributed by atoms with van der Waals surface area (Å²) >= 11 is 6.51. The summed E-state index contributed by atoms with van der Waals surface area (Å²) in [5, 5.41) is 3.76. The highest BCUT2D eigenvalue weighted by atomic mass is 35.5. The first-order valence-corrected chi connectivity index (χ1v) is 9.17. The maximum atomic E-state index is 6.51. The minimum Gasteiger partial charge on any atom is -0.497 e. The number of pyridine rings is 1. The van der Waals surface area contributed by atoms with Gasteiger partial charge in [-0.25, -0.2) is 4.98 Å². The van der Waals surface area contributed by atoms with Gasteiger partial charge in [-0.2, -0.15) is 0 Å². The summed E-state index contributed by atoms with van der Waals surface area (Å²) in [5.41, 5.74) is 3.25. The molecule has 4 rings (SSSR count). The summed E-state index contributed by atoms with van der Waals surface area (Å²) in [6.07, 6.45) is 1.06. The van der Waals surface area contributed by atoms with Gasteiger partial charge < -0.3 is 14.2 Å². The van der Waals surface area contributed by atoms with Crippen molar-refractivity contribution in [3.8, 4) is 5.75 Å². The molecule has 0 aliphatic heterocycles. The van der Waals surface area contributed by atoms with E-state index in [1.165, 1.54) is 5.52 Å². The van der Waals surface area contributed by atoms with Gasteiger partial charge in [-0.05, 0) is 45.3 Å². The minimum atomic E-state index is 0.545. The number of nitrogens with zero attached hydrogens (tertiary/aromatic N) is 3. The summed E-state index contributed by atoms with van der Waals surface area (Å²) < 4.78 is 7.81. The molecule has 0 fully saturated rings. The predicted octanol–water partition coefficient (Wildman–Crippen LogP) is 4.96. The standard InChI is InChI=1S/C21H22ClN3O/c1-24(2)11-6-12-25-18-10-9-14(26-3)13-17(18)19-20(25)15-7-4-5-8-16(15)21(22)23-19/h4-5,7-10,13H,6,11-12H2,1-3H3. The van der Waals surface area contributed by atoms with Crippen molar-refractivity contribution in [2.75, 3.05) is 27.7 Å². The van der Waals surface area contributed by atoms with Crippen LogP contribution in [-0.2, 0) is 6.54 Å². The van der Waals surface area contributed by atoms with E-state index >= 15 is 0 Å². The molecule has 0 unspecified atom stereocenters.